The molecule has 1 fully saturated rings. The van der Waals surface area contributed by atoms with E-state index in [-0.39, 0.29) is 24.5 Å². The van der Waals surface area contributed by atoms with Gasteiger partial charge in [0.1, 0.15) is 18.1 Å². The average Bonchev–Trinajstić information content (AvgIpc) is 3.60. The second kappa shape index (κ2) is 10.8. The number of hydrogen-bond acceptors (Lipinski definition) is 4. The Hall–Kier alpha value is -3.54. The van der Waals surface area contributed by atoms with Crippen LogP contribution in [0.25, 0.3) is 0 Å². The van der Waals surface area contributed by atoms with E-state index < -0.39 is 0 Å². The van der Waals surface area contributed by atoms with E-state index in [0.29, 0.717) is 48.6 Å². The monoisotopic (exact) mass is 500 g/mol. The van der Waals surface area contributed by atoms with Crippen LogP contribution in [-0.4, -0.2) is 29.8 Å². The molecule has 2 aromatic carbocycles. The Kier molecular flexibility index (Phi) is 7.36. The Bertz CT molecular complexity index is 1260. The van der Waals surface area contributed by atoms with Crippen LogP contribution in [0.4, 0.5) is 0 Å². The van der Waals surface area contributed by atoms with Crippen molar-refractivity contribution in [3.8, 4) is 5.75 Å². The molecular formula is C31H36N2O4. The van der Waals surface area contributed by atoms with E-state index in [1.165, 1.54) is 24.0 Å². The van der Waals surface area contributed by atoms with Crippen LogP contribution in [0.3, 0.4) is 0 Å². The van der Waals surface area contributed by atoms with Crippen LogP contribution >= 0.6 is 0 Å². The molecule has 3 aromatic rings. The zero-order chi connectivity index (χ0) is 25.9. The third kappa shape index (κ3) is 6.07. The Balaban J connectivity index is 1.34. The molecule has 1 aliphatic heterocycles. The first-order valence-corrected chi connectivity index (χ1v) is 13.4. The summed E-state index contributed by atoms with van der Waals surface area (Å²) in [7, 11) is 0. The number of fused-ring (bicyclic) bond motifs is 1. The molecule has 1 aliphatic carbocycles. The number of carbonyl (C=O) groups excluding carboxylic acids is 2. The first-order chi connectivity index (χ1) is 17.9. The summed E-state index contributed by atoms with van der Waals surface area (Å²) in [5, 5.41) is 2.93. The lowest BCUT2D eigenvalue weighted by Gasteiger charge is -2.38. The van der Waals surface area contributed by atoms with Gasteiger partial charge in [-0.15, -0.1) is 0 Å². The third-order valence-corrected chi connectivity index (χ3v) is 7.16. The van der Waals surface area contributed by atoms with Gasteiger partial charge in [-0.25, -0.2) is 0 Å². The molecule has 194 valence electrons. The fourth-order valence-electron chi connectivity index (χ4n) is 4.90. The highest BCUT2D eigenvalue weighted by molar-refractivity contribution is 5.91. The molecule has 0 radical (unpaired) electrons. The molecule has 0 spiro atoms. The zero-order valence-electron chi connectivity index (χ0n) is 22.0. The van der Waals surface area contributed by atoms with Crippen LogP contribution in [0.2, 0.25) is 0 Å². The van der Waals surface area contributed by atoms with Crippen LogP contribution in [0, 0.1) is 18.8 Å². The van der Waals surface area contributed by atoms with Crippen LogP contribution < -0.4 is 10.1 Å². The van der Waals surface area contributed by atoms with E-state index in [4.69, 9.17) is 9.15 Å². The van der Waals surface area contributed by atoms with Crippen LogP contribution in [0.15, 0.2) is 59.0 Å². The molecule has 2 amide bonds. The topological polar surface area (TPSA) is 71.8 Å². The maximum atomic E-state index is 13.3. The maximum absolute atomic E-state index is 13.3. The predicted molar refractivity (Wildman–Crippen MR) is 142 cm³/mol. The number of nitrogens with zero attached hydrogens (tertiary/aromatic N) is 1. The summed E-state index contributed by atoms with van der Waals surface area (Å²) in [6.45, 7) is 7.87. The van der Waals surface area contributed by atoms with Gasteiger partial charge in [-0.1, -0.05) is 49.7 Å². The molecule has 0 saturated heterocycles. The number of rotatable bonds is 9. The van der Waals surface area contributed by atoms with Gasteiger partial charge in [0.2, 0.25) is 5.91 Å². The molecular weight excluding hydrogens is 464 g/mol. The highest BCUT2D eigenvalue weighted by Gasteiger charge is 2.32. The van der Waals surface area contributed by atoms with Crippen molar-refractivity contribution in [2.75, 3.05) is 13.1 Å². The van der Waals surface area contributed by atoms with Gasteiger partial charge in [-0.2, -0.15) is 0 Å². The fraction of sp³-hybridized carbons (Fsp3) is 0.419. The Morgan fingerprint density at radius 2 is 1.86 bits per heavy atom. The Morgan fingerprint density at radius 3 is 2.59 bits per heavy atom. The van der Waals surface area contributed by atoms with Crippen molar-refractivity contribution in [2.45, 2.75) is 59.1 Å². The van der Waals surface area contributed by atoms with E-state index in [1.54, 1.807) is 12.1 Å². The number of hydrogen-bond donors (Lipinski definition) is 1. The lowest BCUT2D eigenvalue weighted by molar-refractivity contribution is -0.134. The Labute approximate surface area is 219 Å². The van der Waals surface area contributed by atoms with Crippen molar-refractivity contribution >= 4 is 11.8 Å². The standard InChI is InChI=1S/C31H36N2O4/c1-20(2)16-29(34)33-15-14-23-10-11-25(17-27(23)30(33)24-8-4-21(3)5-9-24)36-19-26-12-13-28(37-26)31(35)32-18-22-6-7-22/h4-5,8-13,17,20,22,30H,6-7,14-16,18-19H2,1-3H3,(H,32,35)/t30-/m0/s1. The summed E-state index contributed by atoms with van der Waals surface area (Å²) in [6.07, 6.45) is 3.72. The predicted octanol–water partition coefficient (Wildman–Crippen LogP) is 5.83. The summed E-state index contributed by atoms with van der Waals surface area (Å²) in [5.74, 6) is 2.54. The molecule has 6 nitrogen and oxygen atoms in total. The molecule has 2 aliphatic rings. The van der Waals surface area contributed by atoms with Crippen molar-refractivity contribution in [1.82, 2.24) is 10.2 Å². The zero-order valence-corrected chi connectivity index (χ0v) is 22.0. The first-order valence-electron chi connectivity index (χ1n) is 13.4. The lowest BCUT2D eigenvalue weighted by atomic mass is 9.87. The van der Waals surface area contributed by atoms with Gasteiger partial charge in [0.05, 0.1) is 6.04 Å². The number of carbonyl (C=O) groups is 2. The molecule has 37 heavy (non-hydrogen) atoms. The SMILES string of the molecule is Cc1ccc([C@H]2c3cc(OCc4ccc(C(=O)NCC5CC5)o4)ccc3CCN2C(=O)CC(C)C)cc1. The molecule has 5 rings (SSSR count). The van der Waals surface area contributed by atoms with Gasteiger partial charge >= 0.3 is 0 Å². The average molecular weight is 501 g/mol. The molecule has 1 saturated carbocycles. The largest absolute Gasteiger partial charge is 0.486 e. The summed E-state index contributed by atoms with van der Waals surface area (Å²) >= 11 is 0. The summed E-state index contributed by atoms with van der Waals surface area (Å²) in [6, 6.07) is 17.9. The number of amides is 2. The highest BCUT2D eigenvalue weighted by atomic mass is 16.5. The van der Waals surface area contributed by atoms with Crippen molar-refractivity contribution in [1.29, 1.82) is 0 Å². The normalized spacial score (nSPS) is 17.0. The Morgan fingerprint density at radius 1 is 1.08 bits per heavy atom. The quantitative estimate of drug-likeness (QED) is 0.401. The minimum absolute atomic E-state index is 0.149. The van der Waals surface area contributed by atoms with Crippen LogP contribution in [0.5, 0.6) is 5.75 Å². The number of aryl methyl sites for hydroxylation is 1. The van der Waals surface area contributed by atoms with Crippen molar-refractivity contribution < 1.29 is 18.7 Å². The van der Waals surface area contributed by atoms with E-state index >= 15 is 0 Å². The smallest absolute Gasteiger partial charge is 0.287 e. The highest BCUT2D eigenvalue weighted by Crippen LogP contribution is 2.38. The van der Waals surface area contributed by atoms with Crippen LogP contribution in [0.1, 0.15) is 77.7 Å². The summed E-state index contributed by atoms with van der Waals surface area (Å²) in [4.78, 5) is 27.6. The summed E-state index contributed by atoms with van der Waals surface area (Å²) < 4.78 is 11.8. The van der Waals surface area contributed by atoms with E-state index in [2.05, 4.69) is 62.5 Å². The van der Waals surface area contributed by atoms with Gasteiger partial charge in [-0.05, 0) is 79.0 Å². The van der Waals surface area contributed by atoms with E-state index in [9.17, 15) is 9.59 Å². The van der Waals surface area contributed by atoms with Crippen molar-refractivity contribution in [3.63, 3.8) is 0 Å². The molecule has 0 bridgehead atoms. The van der Waals surface area contributed by atoms with Gasteiger partial charge in [0.15, 0.2) is 5.76 Å². The first kappa shape index (κ1) is 25.1. The number of nitrogens with one attached hydrogen (secondary N) is 1. The molecule has 1 atom stereocenters. The van der Waals surface area contributed by atoms with Gasteiger partial charge < -0.3 is 19.4 Å². The third-order valence-electron chi connectivity index (χ3n) is 7.16. The maximum Gasteiger partial charge on any atom is 0.287 e. The van der Waals surface area contributed by atoms with Crippen LogP contribution in [-0.2, 0) is 17.8 Å². The minimum Gasteiger partial charge on any atom is -0.486 e. The van der Waals surface area contributed by atoms with Gasteiger partial charge in [0.25, 0.3) is 5.91 Å². The molecule has 6 heteroatoms. The number of furan rings is 1. The lowest BCUT2D eigenvalue weighted by Crippen LogP contribution is -2.41. The van der Waals surface area contributed by atoms with Gasteiger partial charge in [-0.3, -0.25) is 9.59 Å². The molecule has 2 heterocycles. The summed E-state index contributed by atoms with van der Waals surface area (Å²) in [5.41, 5.74) is 4.63. The van der Waals surface area contributed by atoms with Crippen molar-refractivity contribution in [3.05, 3.63) is 88.4 Å². The molecule has 0 unspecified atom stereocenters. The van der Waals surface area contributed by atoms with Gasteiger partial charge in [0, 0.05) is 19.5 Å². The second-order valence-electron chi connectivity index (χ2n) is 10.8. The molecule has 1 N–H and O–H groups in total. The van der Waals surface area contributed by atoms with E-state index in [0.717, 1.165) is 17.5 Å². The minimum atomic E-state index is -0.181. The fourth-order valence-corrected chi connectivity index (χ4v) is 4.90. The second-order valence-corrected chi connectivity index (χ2v) is 10.8. The number of benzene rings is 2. The number of ether oxygens (including phenoxy) is 1. The van der Waals surface area contributed by atoms with E-state index in [1.807, 2.05) is 11.0 Å². The molecule has 1 aromatic heterocycles. The van der Waals surface area contributed by atoms with Crippen molar-refractivity contribution in [2.24, 2.45) is 11.8 Å².